The lowest BCUT2D eigenvalue weighted by Gasteiger charge is -2.23. The third-order valence-electron chi connectivity index (χ3n) is 4.87. The van der Waals surface area contributed by atoms with Gasteiger partial charge in [0.2, 0.25) is 5.91 Å². The first-order chi connectivity index (χ1) is 15.6. The largest absolute Gasteiger partial charge is 0.493 e. The predicted molar refractivity (Wildman–Crippen MR) is 127 cm³/mol. The molecule has 0 spiro atoms. The molecule has 8 nitrogen and oxygen atoms in total. The van der Waals surface area contributed by atoms with E-state index < -0.39 is 0 Å². The molecular weight excluding hydrogens is 420 g/mol. The van der Waals surface area contributed by atoms with Crippen LogP contribution in [-0.2, 0) is 4.79 Å². The topological polar surface area (TPSA) is 85.7 Å². The molecule has 174 valence electrons. The standard InChI is InChI=1S/C25H30N4O4/c1-25(2,3)26-22(30)16-28(4)24(31)23-19(15-29(27-23)18-10-8-7-9-11-18)17-12-13-20(32-5)21(14-17)33-6/h7-15H,16H2,1-6H3,(H,26,30). The van der Waals surface area contributed by atoms with Crippen LogP contribution in [0.15, 0.2) is 54.7 Å². The molecule has 0 aliphatic carbocycles. The first-order valence-corrected chi connectivity index (χ1v) is 10.6. The fourth-order valence-electron chi connectivity index (χ4n) is 3.39. The van der Waals surface area contributed by atoms with Crippen LogP contribution in [0.25, 0.3) is 16.8 Å². The maximum absolute atomic E-state index is 13.4. The Morgan fingerprint density at radius 2 is 1.70 bits per heavy atom. The molecule has 1 aromatic heterocycles. The maximum Gasteiger partial charge on any atom is 0.275 e. The average molecular weight is 451 g/mol. The van der Waals surface area contributed by atoms with E-state index in [9.17, 15) is 9.59 Å². The number of carbonyl (C=O) groups excluding carboxylic acids is 2. The van der Waals surface area contributed by atoms with Crippen molar-refractivity contribution in [1.29, 1.82) is 0 Å². The molecule has 1 heterocycles. The number of likely N-dealkylation sites (N-methyl/N-ethyl adjacent to an activating group) is 1. The molecule has 0 radical (unpaired) electrons. The minimum absolute atomic E-state index is 0.0837. The summed E-state index contributed by atoms with van der Waals surface area (Å²) in [6.45, 7) is 5.59. The fraction of sp³-hybridized carbons (Fsp3) is 0.320. The zero-order valence-corrected chi connectivity index (χ0v) is 19.9. The van der Waals surface area contributed by atoms with Gasteiger partial charge < -0.3 is 19.7 Å². The lowest BCUT2D eigenvalue weighted by Crippen LogP contribution is -2.46. The monoisotopic (exact) mass is 450 g/mol. The number of rotatable bonds is 7. The second-order valence-corrected chi connectivity index (χ2v) is 8.70. The van der Waals surface area contributed by atoms with E-state index in [0.717, 1.165) is 11.3 Å². The third kappa shape index (κ3) is 5.71. The number of hydrogen-bond donors (Lipinski definition) is 1. The summed E-state index contributed by atoms with van der Waals surface area (Å²) in [5.74, 6) is 0.520. The number of aromatic nitrogens is 2. The second-order valence-electron chi connectivity index (χ2n) is 8.70. The molecule has 3 rings (SSSR count). The lowest BCUT2D eigenvalue weighted by atomic mass is 10.0. The van der Waals surface area contributed by atoms with Crippen molar-refractivity contribution < 1.29 is 19.1 Å². The van der Waals surface area contributed by atoms with Crippen molar-refractivity contribution in [3.8, 4) is 28.3 Å². The highest BCUT2D eigenvalue weighted by atomic mass is 16.5. The highest BCUT2D eigenvalue weighted by Crippen LogP contribution is 2.34. The van der Waals surface area contributed by atoms with Crippen molar-refractivity contribution in [1.82, 2.24) is 20.0 Å². The number of hydrogen-bond acceptors (Lipinski definition) is 5. The predicted octanol–water partition coefficient (Wildman–Crippen LogP) is 3.54. The Kier molecular flexibility index (Phi) is 7.06. The van der Waals surface area contributed by atoms with Crippen molar-refractivity contribution in [2.24, 2.45) is 0 Å². The van der Waals surface area contributed by atoms with Gasteiger partial charge in [-0.1, -0.05) is 24.3 Å². The summed E-state index contributed by atoms with van der Waals surface area (Å²) in [5.41, 5.74) is 2.02. The van der Waals surface area contributed by atoms with Crippen LogP contribution in [0, 0.1) is 0 Å². The molecule has 1 N–H and O–H groups in total. The van der Waals surface area contributed by atoms with Gasteiger partial charge in [0.1, 0.15) is 0 Å². The molecule has 8 heteroatoms. The molecule has 0 unspecified atom stereocenters. The fourth-order valence-corrected chi connectivity index (χ4v) is 3.39. The van der Waals surface area contributed by atoms with E-state index in [1.807, 2.05) is 57.2 Å². The first-order valence-electron chi connectivity index (χ1n) is 10.6. The molecule has 33 heavy (non-hydrogen) atoms. The minimum Gasteiger partial charge on any atom is -0.493 e. The minimum atomic E-state index is -0.388. The van der Waals surface area contributed by atoms with E-state index in [-0.39, 0.29) is 29.6 Å². The zero-order valence-electron chi connectivity index (χ0n) is 19.9. The van der Waals surface area contributed by atoms with Crippen LogP contribution in [-0.4, -0.2) is 59.8 Å². The quantitative estimate of drug-likeness (QED) is 0.595. The van der Waals surface area contributed by atoms with Gasteiger partial charge >= 0.3 is 0 Å². The van der Waals surface area contributed by atoms with E-state index >= 15 is 0 Å². The molecule has 2 amide bonds. The molecule has 3 aromatic rings. The van der Waals surface area contributed by atoms with Crippen molar-refractivity contribution >= 4 is 11.8 Å². The normalized spacial score (nSPS) is 11.1. The van der Waals surface area contributed by atoms with Crippen molar-refractivity contribution in [2.45, 2.75) is 26.3 Å². The molecule has 0 saturated carbocycles. The Labute approximate surface area is 194 Å². The molecule has 2 aromatic carbocycles. The highest BCUT2D eigenvalue weighted by Gasteiger charge is 2.25. The summed E-state index contributed by atoms with van der Waals surface area (Å²) in [7, 11) is 4.71. The number of nitrogens with one attached hydrogen (secondary N) is 1. The number of carbonyl (C=O) groups is 2. The van der Waals surface area contributed by atoms with Gasteiger partial charge in [0.05, 0.1) is 26.5 Å². The smallest absolute Gasteiger partial charge is 0.275 e. The van der Waals surface area contributed by atoms with Crippen LogP contribution in [0.3, 0.4) is 0 Å². The van der Waals surface area contributed by atoms with E-state index in [2.05, 4.69) is 10.4 Å². The Bertz CT molecular complexity index is 1130. The average Bonchev–Trinajstić information content (AvgIpc) is 3.22. The van der Waals surface area contributed by atoms with Crippen LogP contribution in [0.2, 0.25) is 0 Å². The molecular formula is C25H30N4O4. The molecule has 0 aliphatic rings. The van der Waals surface area contributed by atoms with Crippen molar-refractivity contribution in [2.75, 3.05) is 27.8 Å². The van der Waals surface area contributed by atoms with Crippen molar-refractivity contribution in [3.63, 3.8) is 0 Å². The number of benzene rings is 2. The summed E-state index contributed by atoms with van der Waals surface area (Å²) < 4.78 is 12.4. The lowest BCUT2D eigenvalue weighted by molar-refractivity contribution is -0.122. The first kappa shape index (κ1) is 23.8. The SMILES string of the molecule is COc1ccc(-c2cn(-c3ccccc3)nc2C(=O)N(C)CC(=O)NC(C)(C)C)cc1OC. The van der Waals surface area contributed by atoms with E-state index in [1.165, 1.54) is 4.90 Å². The maximum atomic E-state index is 13.4. The Balaban J connectivity index is 2.02. The summed E-state index contributed by atoms with van der Waals surface area (Å²) in [6, 6.07) is 14.9. The summed E-state index contributed by atoms with van der Waals surface area (Å²) in [6.07, 6.45) is 1.80. The zero-order chi connectivity index (χ0) is 24.2. The van der Waals surface area contributed by atoms with Gasteiger partial charge in [-0.25, -0.2) is 4.68 Å². The Hall–Kier alpha value is -3.81. The van der Waals surface area contributed by atoms with Crippen molar-refractivity contribution in [3.05, 3.63) is 60.4 Å². The van der Waals surface area contributed by atoms with Crippen LogP contribution >= 0.6 is 0 Å². The molecule has 0 bridgehead atoms. The third-order valence-corrected chi connectivity index (χ3v) is 4.87. The Morgan fingerprint density at radius 3 is 2.30 bits per heavy atom. The van der Waals surface area contributed by atoms with E-state index in [4.69, 9.17) is 9.47 Å². The van der Waals surface area contributed by atoms with Gasteiger partial charge in [-0.2, -0.15) is 5.10 Å². The van der Waals surface area contributed by atoms with Crippen LogP contribution < -0.4 is 14.8 Å². The van der Waals surface area contributed by atoms with E-state index in [0.29, 0.717) is 17.1 Å². The van der Waals surface area contributed by atoms with Crippen LogP contribution in [0.5, 0.6) is 11.5 Å². The number of amides is 2. The van der Waals surface area contributed by atoms with Gasteiger partial charge in [0, 0.05) is 24.3 Å². The van der Waals surface area contributed by atoms with Gasteiger partial charge in [0.25, 0.3) is 5.91 Å². The second kappa shape index (κ2) is 9.77. The molecule has 0 atom stereocenters. The van der Waals surface area contributed by atoms with Gasteiger partial charge in [-0.05, 0) is 50.6 Å². The number of nitrogens with zero attached hydrogens (tertiary/aromatic N) is 3. The van der Waals surface area contributed by atoms with Gasteiger partial charge in [-0.15, -0.1) is 0 Å². The number of methoxy groups -OCH3 is 2. The highest BCUT2D eigenvalue weighted by molar-refractivity contribution is 6.00. The van der Waals surface area contributed by atoms with Gasteiger partial charge in [-0.3, -0.25) is 9.59 Å². The summed E-state index contributed by atoms with van der Waals surface area (Å²) >= 11 is 0. The van der Waals surface area contributed by atoms with Gasteiger partial charge in [0.15, 0.2) is 17.2 Å². The van der Waals surface area contributed by atoms with Crippen LogP contribution in [0.4, 0.5) is 0 Å². The number of ether oxygens (including phenoxy) is 2. The number of para-hydroxylation sites is 1. The van der Waals surface area contributed by atoms with E-state index in [1.54, 1.807) is 44.3 Å². The molecule has 0 aliphatic heterocycles. The summed E-state index contributed by atoms with van der Waals surface area (Å²) in [5, 5.41) is 7.45. The molecule has 0 saturated heterocycles. The van der Waals surface area contributed by atoms with Crippen LogP contribution in [0.1, 0.15) is 31.3 Å². The molecule has 0 fully saturated rings. The summed E-state index contributed by atoms with van der Waals surface area (Å²) in [4.78, 5) is 27.1. The Morgan fingerprint density at radius 1 is 1.03 bits per heavy atom.